The van der Waals surface area contributed by atoms with Gasteiger partial charge in [-0.3, -0.25) is 4.90 Å². The molecule has 2 atom stereocenters. The zero-order chi connectivity index (χ0) is 11.0. The third-order valence-corrected chi connectivity index (χ3v) is 4.96. The third-order valence-electron chi connectivity index (χ3n) is 3.75. The molecule has 0 saturated carbocycles. The Morgan fingerprint density at radius 2 is 2.29 bits per heavy atom. The second kappa shape index (κ2) is 5.89. The van der Waals surface area contributed by atoms with Crippen molar-refractivity contribution in [1.29, 1.82) is 0 Å². The highest BCUT2D eigenvalue weighted by Crippen LogP contribution is 2.28. The monoisotopic (exact) mass is 292 g/mol. The van der Waals surface area contributed by atoms with Crippen LogP contribution in [-0.4, -0.2) is 30.6 Å². The van der Waals surface area contributed by atoms with E-state index in [0.717, 1.165) is 22.8 Å². The van der Waals surface area contributed by atoms with Gasteiger partial charge in [0.2, 0.25) is 0 Å². The molecule has 0 spiro atoms. The molecule has 0 radical (unpaired) electrons. The van der Waals surface area contributed by atoms with Crippen LogP contribution in [0, 0.1) is 5.92 Å². The second-order valence-electron chi connectivity index (χ2n) is 4.84. The molecule has 1 aromatic rings. The number of hydrogen-bond acceptors (Lipinski definition) is 3. The maximum absolute atomic E-state index is 5.96. The van der Waals surface area contributed by atoms with E-state index in [1.807, 2.05) is 6.07 Å². The molecule has 2 nitrogen and oxygen atoms in total. The first-order valence-electron chi connectivity index (χ1n) is 6.01. The minimum absolute atomic E-state index is 0. The van der Waals surface area contributed by atoms with Gasteiger partial charge in [0.05, 0.1) is 4.34 Å². The van der Waals surface area contributed by atoms with Crippen molar-refractivity contribution in [3.63, 3.8) is 0 Å². The predicted molar refractivity (Wildman–Crippen MR) is 76.4 cm³/mol. The van der Waals surface area contributed by atoms with E-state index in [1.54, 1.807) is 11.3 Å². The van der Waals surface area contributed by atoms with Crippen molar-refractivity contribution in [2.24, 2.45) is 5.92 Å². The summed E-state index contributed by atoms with van der Waals surface area (Å²) in [5, 5.41) is 3.60. The molecule has 0 bridgehead atoms. The van der Waals surface area contributed by atoms with Crippen LogP contribution in [0.4, 0.5) is 0 Å². The van der Waals surface area contributed by atoms with Crippen LogP contribution in [0.5, 0.6) is 0 Å². The predicted octanol–water partition coefficient (Wildman–Crippen LogP) is 3.01. The van der Waals surface area contributed by atoms with E-state index in [4.69, 9.17) is 11.6 Å². The van der Waals surface area contributed by atoms with E-state index in [2.05, 4.69) is 16.3 Å². The van der Waals surface area contributed by atoms with E-state index < -0.39 is 0 Å². The van der Waals surface area contributed by atoms with Gasteiger partial charge in [-0.25, -0.2) is 0 Å². The molecule has 17 heavy (non-hydrogen) atoms. The summed E-state index contributed by atoms with van der Waals surface area (Å²) in [5.74, 6) is 0.879. The SMILES string of the molecule is Cl.Clc1ccc(CN2CCC3NCCC3C2)s1. The van der Waals surface area contributed by atoms with E-state index in [9.17, 15) is 0 Å². The van der Waals surface area contributed by atoms with E-state index in [-0.39, 0.29) is 12.4 Å². The Bertz CT molecular complexity index is 369. The Morgan fingerprint density at radius 1 is 1.41 bits per heavy atom. The van der Waals surface area contributed by atoms with E-state index in [1.165, 1.54) is 37.4 Å². The molecule has 2 unspecified atom stereocenters. The topological polar surface area (TPSA) is 15.3 Å². The van der Waals surface area contributed by atoms with Crippen molar-refractivity contribution in [3.8, 4) is 0 Å². The van der Waals surface area contributed by atoms with Crippen molar-refractivity contribution >= 4 is 35.3 Å². The van der Waals surface area contributed by atoms with Crippen LogP contribution in [0.1, 0.15) is 17.7 Å². The van der Waals surface area contributed by atoms with Crippen LogP contribution in [0.15, 0.2) is 12.1 Å². The van der Waals surface area contributed by atoms with Crippen LogP contribution in [-0.2, 0) is 6.54 Å². The number of piperidine rings is 1. The number of hydrogen-bond donors (Lipinski definition) is 1. The lowest BCUT2D eigenvalue weighted by molar-refractivity contribution is 0.157. The largest absolute Gasteiger partial charge is 0.314 e. The van der Waals surface area contributed by atoms with Gasteiger partial charge in [0.25, 0.3) is 0 Å². The fourth-order valence-electron chi connectivity index (χ4n) is 2.92. The number of fused-ring (bicyclic) bond motifs is 1. The summed E-state index contributed by atoms with van der Waals surface area (Å²) in [6, 6.07) is 4.96. The number of rotatable bonds is 2. The molecule has 2 saturated heterocycles. The molecule has 3 rings (SSSR count). The van der Waals surface area contributed by atoms with Gasteiger partial charge >= 0.3 is 0 Å². The first-order chi connectivity index (χ1) is 7.81. The molecule has 96 valence electrons. The highest BCUT2D eigenvalue weighted by Gasteiger charge is 2.32. The summed E-state index contributed by atoms with van der Waals surface area (Å²) >= 11 is 7.67. The van der Waals surface area contributed by atoms with E-state index in [0.29, 0.717) is 0 Å². The summed E-state index contributed by atoms with van der Waals surface area (Å²) in [6.45, 7) is 4.78. The highest BCUT2D eigenvalue weighted by molar-refractivity contribution is 7.16. The number of halogens is 2. The molecule has 0 amide bonds. The molecule has 1 aromatic heterocycles. The minimum atomic E-state index is 0. The summed E-state index contributed by atoms with van der Waals surface area (Å²) in [7, 11) is 0. The van der Waals surface area contributed by atoms with Crippen LogP contribution in [0.3, 0.4) is 0 Å². The second-order valence-corrected chi connectivity index (χ2v) is 6.64. The molecule has 0 aliphatic carbocycles. The quantitative estimate of drug-likeness (QED) is 0.901. The van der Waals surface area contributed by atoms with Gasteiger partial charge in [-0.2, -0.15) is 0 Å². The zero-order valence-corrected chi connectivity index (χ0v) is 12.1. The Balaban J connectivity index is 0.00000108. The van der Waals surface area contributed by atoms with Crippen LogP contribution < -0.4 is 5.32 Å². The average molecular weight is 293 g/mol. The molecule has 3 heterocycles. The third kappa shape index (κ3) is 3.15. The maximum atomic E-state index is 5.96. The van der Waals surface area contributed by atoms with Crippen molar-refractivity contribution in [3.05, 3.63) is 21.3 Å². The van der Waals surface area contributed by atoms with E-state index >= 15 is 0 Å². The first-order valence-corrected chi connectivity index (χ1v) is 7.20. The molecule has 5 heteroatoms. The smallest absolute Gasteiger partial charge is 0.0931 e. The standard InChI is InChI=1S/C12H17ClN2S.ClH/c13-12-2-1-10(16-12)8-15-6-4-11-9(7-15)3-5-14-11;/h1-2,9,11,14H,3-8H2;1H. The number of nitrogens with zero attached hydrogens (tertiary/aromatic N) is 1. The van der Waals surface area contributed by atoms with Gasteiger partial charge in [0.1, 0.15) is 0 Å². The fraction of sp³-hybridized carbons (Fsp3) is 0.667. The van der Waals surface area contributed by atoms with Crippen molar-refractivity contribution < 1.29 is 0 Å². The van der Waals surface area contributed by atoms with Crippen molar-refractivity contribution in [1.82, 2.24) is 10.2 Å². The van der Waals surface area contributed by atoms with Gasteiger partial charge in [-0.1, -0.05) is 11.6 Å². The molecule has 2 aliphatic rings. The van der Waals surface area contributed by atoms with Gasteiger partial charge in [0.15, 0.2) is 0 Å². The average Bonchev–Trinajstić information content (AvgIpc) is 2.87. The first kappa shape index (κ1) is 13.6. The summed E-state index contributed by atoms with van der Waals surface area (Å²) in [4.78, 5) is 3.98. The van der Waals surface area contributed by atoms with Crippen LogP contribution in [0.2, 0.25) is 4.34 Å². The number of nitrogens with one attached hydrogen (secondary N) is 1. The van der Waals surface area contributed by atoms with Crippen LogP contribution in [0.25, 0.3) is 0 Å². The Morgan fingerprint density at radius 3 is 3.06 bits per heavy atom. The molecule has 2 fully saturated rings. The summed E-state index contributed by atoms with van der Waals surface area (Å²) in [6.07, 6.45) is 2.66. The minimum Gasteiger partial charge on any atom is -0.314 e. The van der Waals surface area contributed by atoms with Gasteiger partial charge < -0.3 is 5.32 Å². The van der Waals surface area contributed by atoms with Crippen LogP contribution >= 0.6 is 35.3 Å². The lowest BCUT2D eigenvalue weighted by atomic mass is 9.93. The lowest BCUT2D eigenvalue weighted by Crippen LogP contribution is -2.43. The highest BCUT2D eigenvalue weighted by atomic mass is 35.5. The lowest BCUT2D eigenvalue weighted by Gasteiger charge is -2.34. The van der Waals surface area contributed by atoms with Crippen molar-refractivity contribution in [2.45, 2.75) is 25.4 Å². The van der Waals surface area contributed by atoms with Crippen molar-refractivity contribution in [2.75, 3.05) is 19.6 Å². The molecular formula is C12H18Cl2N2S. The summed E-state index contributed by atoms with van der Waals surface area (Å²) < 4.78 is 0.910. The molecular weight excluding hydrogens is 275 g/mol. The maximum Gasteiger partial charge on any atom is 0.0931 e. The molecule has 0 aromatic carbocycles. The number of thiophene rings is 1. The van der Waals surface area contributed by atoms with Gasteiger partial charge in [-0.05, 0) is 37.4 Å². The van der Waals surface area contributed by atoms with Gasteiger partial charge in [0, 0.05) is 30.6 Å². The van der Waals surface area contributed by atoms with Gasteiger partial charge in [-0.15, -0.1) is 23.7 Å². The Hall–Kier alpha value is 0.200. The Labute approximate surface area is 118 Å². The fourth-order valence-corrected chi connectivity index (χ4v) is 4.05. The normalized spacial score (nSPS) is 28.8. The molecule has 2 aliphatic heterocycles. The Kier molecular flexibility index (Phi) is 4.72. The number of likely N-dealkylation sites (tertiary alicyclic amines) is 1. The molecule has 1 N–H and O–H groups in total. The zero-order valence-electron chi connectivity index (χ0n) is 9.69. The summed E-state index contributed by atoms with van der Waals surface area (Å²) in [5.41, 5.74) is 0.